The van der Waals surface area contributed by atoms with E-state index in [1.165, 1.54) is 0 Å². The Labute approximate surface area is 94.8 Å². The van der Waals surface area contributed by atoms with Crippen molar-refractivity contribution >= 4 is 23.6 Å². The molecule has 88 valence electrons. The van der Waals surface area contributed by atoms with Crippen molar-refractivity contribution in [2.24, 2.45) is 11.8 Å². The molecule has 0 aromatic rings. The second-order valence-electron chi connectivity index (χ2n) is 3.92. The predicted molar refractivity (Wildman–Crippen MR) is 62.0 cm³/mol. The van der Waals surface area contributed by atoms with Gasteiger partial charge in [0, 0.05) is 11.7 Å². The van der Waals surface area contributed by atoms with E-state index >= 15 is 0 Å². The molecule has 0 bridgehead atoms. The summed E-state index contributed by atoms with van der Waals surface area (Å²) in [6.07, 6.45) is 1.92. The summed E-state index contributed by atoms with van der Waals surface area (Å²) < 4.78 is 0. The Hall–Kier alpha value is -0.710. The molecule has 4 nitrogen and oxygen atoms in total. The molecule has 0 saturated heterocycles. The Morgan fingerprint density at radius 1 is 1.33 bits per heavy atom. The summed E-state index contributed by atoms with van der Waals surface area (Å²) in [6.45, 7) is 5.35. The minimum atomic E-state index is -0.977. The molecule has 2 atom stereocenters. The average Bonchev–Trinajstić information content (AvgIpc) is 2.12. The number of hydrogen-bond donors (Lipinski definition) is 2. The van der Waals surface area contributed by atoms with E-state index in [2.05, 4.69) is 5.32 Å². The highest BCUT2D eigenvalue weighted by molar-refractivity contribution is 7.98. The van der Waals surface area contributed by atoms with Crippen molar-refractivity contribution in [3.8, 4) is 0 Å². The number of aliphatic carboxylic acids is 1. The molecule has 2 unspecified atom stereocenters. The molecule has 0 aromatic carbocycles. The van der Waals surface area contributed by atoms with E-state index in [-0.39, 0.29) is 17.7 Å². The number of carboxylic acid groups (broad SMARTS) is 1. The molecular formula is C10H19NO3S. The summed E-state index contributed by atoms with van der Waals surface area (Å²) in [4.78, 5) is 22.4. The van der Waals surface area contributed by atoms with Crippen LogP contribution in [0.25, 0.3) is 0 Å². The van der Waals surface area contributed by atoms with E-state index < -0.39 is 12.0 Å². The quantitative estimate of drug-likeness (QED) is 0.723. The molecule has 0 spiro atoms. The molecular weight excluding hydrogens is 214 g/mol. The zero-order valence-electron chi connectivity index (χ0n) is 9.61. The normalized spacial score (nSPS) is 14.7. The van der Waals surface area contributed by atoms with Crippen molar-refractivity contribution in [2.45, 2.75) is 26.8 Å². The number of thioether (sulfide) groups is 1. The van der Waals surface area contributed by atoms with Crippen molar-refractivity contribution < 1.29 is 14.7 Å². The second-order valence-corrected chi connectivity index (χ2v) is 4.84. The highest BCUT2D eigenvalue weighted by Gasteiger charge is 2.25. The van der Waals surface area contributed by atoms with E-state index in [1.807, 2.05) is 6.26 Å². The molecule has 0 aliphatic carbocycles. The van der Waals surface area contributed by atoms with Gasteiger partial charge in [-0.1, -0.05) is 20.8 Å². The van der Waals surface area contributed by atoms with Crippen LogP contribution in [-0.2, 0) is 9.59 Å². The van der Waals surface area contributed by atoms with E-state index in [4.69, 9.17) is 5.11 Å². The first kappa shape index (κ1) is 14.3. The number of carboxylic acids is 1. The van der Waals surface area contributed by atoms with Crippen LogP contribution in [0, 0.1) is 11.8 Å². The summed E-state index contributed by atoms with van der Waals surface area (Å²) in [5, 5.41) is 11.4. The minimum absolute atomic E-state index is 0.104. The second kappa shape index (κ2) is 6.71. The summed E-state index contributed by atoms with van der Waals surface area (Å²) in [5.41, 5.74) is 0. The molecule has 0 saturated carbocycles. The van der Waals surface area contributed by atoms with Gasteiger partial charge in [-0.2, -0.15) is 11.8 Å². The molecule has 0 heterocycles. The lowest BCUT2D eigenvalue weighted by atomic mass is 10.0. The third-order valence-electron chi connectivity index (χ3n) is 2.09. The van der Waals surface area contributed by atoms with Crippen LogP contribution in [0.3, 0.4) is 0 Å². The first-order valence-corrected chi connectivity index (χ1v) is 6.31. The Morgan fingerprint density at radius 2 is 1.87 bits per heavy atom. The summed E-state index contributed by atoms with van der Waals surface area (Å²) in [6, 6.07) is -0.790. The van der Waals surface area contributed by atoms with E-state index in [0.717, 1.165) is 0 Å². The van der Waals surface area contributed by atoms with Crippen LogP contribution in [0.5, 0.6) is 0 Å². The van der Waals surface area contributed by atoms with Gasteiger partial charge in [-0.3, -0.25) is 4.79 Å². The number of carbonyl (C=O) groups excluding carboxylic acids is 1. The van der Waals surface area contributed by atoms with Gasteiger partial charge in [0.05, 0.1) is 0 Å². The average molecular weight is 233 g/mol. The molecule has 1 amide bonds. The van der Waals surface area contributed by atoms with Gasteiger partial charge in [-0.25, -0.2) is 4.79 Å². The van der Waals surface area contributed by atoms with Gasteiger partial charge in [-0.05, 0) is 12.2 Å². The number of amides is 1. The maximum absolute atomic E-state index is 11.6. The number of rotatable bonds is 6. The van der Waals surface area contributed by atoms with E-state index in [1.54, 1.807) is 32.5 Å². The SMILES string of the molecule is CSCC(C)C(=O)NC(C(=O)O)C(C)C. The van der Waals surface area contributed by atoms with Crippen LogP contribution >= 0.6 is 11.8 Å². The molecule has 15 heavy (non-hydrogen) atoms. The lowest BCUT2D eigenvalue weighted by Crippen LogP contribution is -2.46. The first-order chi connectivity index (χ1) is 6.90. The van der Waals surface area contributed by atoms with Gasteiger partial charge in [0.1, 0.15) is 6.04 Å². The Bertz CT molecular complexity index is 231. The van der Waals surface area contributed by atoms with Gasteiger partial charge in [0.2, 0.25) is 5.91 Å². The van der Waals surface area contributed by atoms with Crippen LogP contribution in [-0.4, -0.2) is 35.0 Å². The van der Waals surface area contributed by atoms with Gasteiger partial charge in [0.15, 0.2) is 0 Å². The monoisotopic (exact) mass is 233 g/mol. The first-order valence-electron chi connectivity index (χ1n) is 4.92. The minimum Gasteiger partial charge on any atom is -0.480 e. The van der Waals surface area contributed by atoms with Crippen LogP contribution in [0.1, 0.15) is 20.8 Å². The largest absolute Gasteiger partial charge is 0.480 e. The summed E-state index contributed by atoms with van der Waals surface area (Å²) in [7, 11) is 0. The zero-order valence-corrected chi connectivity index (χ0v) is 10.4. The third kappa shape index (κ3) is 5.06. The Morgan fingerprint density at radius 3 is 2.20 bits per heavy atom. The fraction of sp³-hybridized carbons (Fsp3) is 0.800. The molecule has 0 fully saturated rings. The lowest BCUT2D eigenvalue weighted by molar-refractivity contribution is -0.143. The molecule has 0 rings (SSSR count). The lowest BCUT2D eigenvalue weighted by Gasteiger charge is -2.20. The fourth-order valence-electron chi connectivity index (χ4n) is 1.13. The van der Waals surface area contributed by atoms with Crippen molar-refractivity contribution in [1.29, 1.82) is 0 Å². The summed E-state index contributed by atoms with van der Waals surface area (Å²) in [5.74, 6) is -0.718. The van der Waals surface area contributed by atoms with E-state index in [0.29, 0.717) is 5.75 Å². The van der Waals surface area contributed by atoms with Crippen molar-refractivity contribution in [3.63, 3.8) is 0 Å². The standard InChI is InChI=1S/C10H19NO3S/c1-6(2)8(10(13)14)11-9(12)7(3)5-15-4/h6-8H,5H2,1-4H3,(H,11,12)(H,13,14). The molecule has 2 N–H and O–H groups in total. The topological polar surface area (TPSA) is 66.4 Å². The van der Waals surface area contributed by atoms with Gasteiger partial charge >= 0.3 is 5.97 Å². The Balaban J connectivity index is 4.29. The smallest absolute Gasteiger partial charge is 0.326 e. The molecule has 0 aliphatic rings. The van der Waals surface area contributed by atoms with Crippen LogP contribution in [0.4, 0.5) is 0 Å². The van der Waals surface area contributed by atoms with Gasteiger partial charge in [-0.15, -0.1) is 0 Å². The van der Waals surface area contributed by atoms with Crippen molar-refractivity contribution in [1.82, 2.24) is 5.32 Å². The molecule has 0 radical (unpaired) electrons. The fourth-order valence-corrected chi connectivity index (χ4v) is 1.79. The number of nitrogens with one attached hydrogen (secondary N) is 1. The molecule has 0 aromatic heterocycles. The van der Waals surface area contributed by atoms with E-state index in [9.17, 15) is 9.59 Å². The summed E-state index contributed by atoms with van der Waals surface area (Å²) >= 11 is 1.57. The molecule has 0 aliphatic heterocycles. The van der Waals surface area contributed by atoms with Crippen LogP contribution < -0.4 is 5.32 Å². The maximum Gasteiger partial charge on any atom is 0.326 e. The highest BCUT2D eigenvalue weighted by atomic mass is 32.2. The Kier molecular flexibility index (Phi) is 6.40. The van der Waals surface area contributed by atoms with Crippen LogP contribution in [0.15, 0.2) is 0 Å². The third-order valence-corrected chi connectivity index (χ3v) is 2.93. The molecule has 5 heteroatoms. The predicted octanol–water partition coefficient (Wildman–Crippen LogP) is 1.21. The number of carbonyl (C=O) groups is 2. The number of hydrogen-bond acceptors (Lipinski definition) is 3. The van der Waals surface area contributed by atoms with Crippen LogP contribution in [0.2, 0.25) is 0 Å². The van der Waals surface area contributed by atoms with Crippen molar-refractivity contribution in [2.75, 3.05) is 12.0 Å². The van der Waals surface area contributed by atoms with Gasteiger partial charge in [0.25, 0.3) is 0 Å². The van der Waals surface area contributed by atoms with Gasteiger partial charge < -0.3 is 10.4 Å². The van der Waals surface area contributed by atoms with Crippen molar-refractivity contribution in [3.05, 3.63) is 0 Å². The maximum atomic E-state index is 11.6. The highest BCUT2D eigenvalue weighted by Crippen LogP contribution is 2.07. The zero-order chi connectivity index (χ0) is 12.0.